The molecule has 11 nitrogen and oxygen atoms in total. The highest BCUT2D eigenvalue weighted by atomic mass is 35.5. The van der Waals surface area contributed by atoms with Crippen molar-refractivity contribution >= 4 is 27.5 Å². The Morgan fingerprint density at radius 3 is 2.60 bits per heavy atom. The molecule has 3 aromatic rings. The van der Waals surface area contributed by atoms with Crippen LogP contribution < -0.4 is 9.46 Å². The number of pyridine rings is 1. The van der Waals surface area contributed by atoms with Crippen molar-refractivity contribution in [3.8, 4) is 17.0 Å². The molecule has 0 radical (unpaired) electrons. The Morgan fingerprint density at radius 1 is 1.21 bits per heavy atom. The first-order valence-corrected chi connectivity index (χ1v) is 17.5. The number of ether oxygens (including phenoxy) is 2. The maximum atomic E-state index is 14.3. The largest absolute Gasteiger partial charge is 0.493 e. The second-order valence-corrected chi connectivity index (χ2v) is 16.0. The van der Waals surface area contributed by atoms with E-state index in [1.165, 1.54) is 35.0 Å². The van der Waals surface area contributed by atoms with E-state index in [-0.39, 0.29) is 32.9 Å². The normalized spacial score (nSPS) is 17.6. The van der Waals surface area contributed by atoms with Gasteiger partial charge in [0.05, 0.1) is 23.5 Å². The summed E-state index contributed by atoms with van der Waals surface area (Å²) >= 11 is 6.28. The molecule has 0 aliphatic carbocycles. The second-order valence-electron chi connectivity index (χ2n) is 14.0. The summed E-state index contributed by atoms with van der Waals surface area (Å²) in [6, 6.07) is 8.24. The van der Waals surface area contributed by atoms with E-state index in [2.05, 4.69) is 23.9 Å². The van der Waals surface area contributed by atoms with E-state index in [1.807, 2.05) is 44.2 Å². The molecule has 1 amide bonds. The van der Waals surface area contributed by atoms with Crippen LogP contribution in [0, 0.1) is 17.7 Å². The number of aliphatic hydroxyl groups excluding tert-OH is 1. The van der Waals surface area contributed by atoms with Crippen LogP contribution in [0.4, 0.5) is 4.39 Å². The Bertz CT molecular complexity index is 1670. The molecule has 4 rings (SSSR count). The summed E-state index contributed by atoms with van der Waals surface area (Å²) in [5, 5.41) is 14.3. The van der Waals surface area contributed by atoms with Crippen LogP contribution in [-0.2, 0) is 21.3 Å². The SMILES string of the molecule is CC(C)COc1cc(F)cc(-c2ccc(C(=O)NS(=O)(=O)c3ccn(CCC[C@@H]4CN(C(O)OC(C)(C)C)C(C)(C)C4)n3)c(Cl)n2)c1. The highest BCUT2D eigenvalue weighted by molar-refractivity contribution is 7.90. The molecule has 0 spiro atoms. The molecule has 1 fully saturated rings. The lowest BCUT2D eigenvalue weighted by Crippen LogP contribution is -2.49. The molecule has 1 aliphatic heterocycles. The van der Waals surface area contributed by atoms with Crippen molar-refractivity contribution in [2.75, 3.05) is 13.2 Å². The van der Waals surface area contributed by atoms with Crippen molar-refractivity contribution in [2.45, 2.75) is 96.9 Å². The van der Waals surface area contributed by atoms with Gasteiger partial charge in [0.2, 0.25) is 6.41 Å². The number of carbonyl (C=O) groups is 1. The summed E-state index contributed by atoms with van der Waals surface area (Å²) in [5.41, 5.74) is -0.207. The van der Waals surface area contributed by atoms with Gasteiger partial charge in [-0.1, -0.05) is 25.4 Å². The topological polar surface area (TPSA) is 136 Å². The number of likely N-dealkylation sites (tertiary alicyclic amines) is 1. The van der Waals surface area contributed by atoms with E-state index < -0.39 is 33.8 Å². The number of nitrogens with zero attached hydrogens (tertiary/aromatic N) is 4. The van der Waals surface area contributed by atoms with Gasteiger partial charge in [0.25, 0.3) is 15.9 Å². The lowest BCUT2D eigenvalue weighted by molar-refractivity contribution is -0.251. The van der Waals surface area contributed by atoms with Crippen LogP contribution in [0.25, 0.3) is 11.3 Å². The standard InChI is InChI=1S/C33H45ClFN5O6S/c1-21(2)20-45-25-16-23(15-24(35)17-25)27-11-10-26(29(34)36-27)30(41)38-47(43,44)28-12-14-39(37-28)13-8-9-22-18-33(6,7)40(19-22)31(42)46-32(3,4)5/h10-12,14-17,21-22,31,42H,8-9,13,18-20H2,1-7H3,(H,38,41)/t22-,31?/m0/s1. The number of carbonyl (C=O) groups excluding carboxylic acids is 1. The number of nitrogens with one attached hydrogen (secondary N) is 1. The minimum atomic E-state index is -4.31. The first-order valence-electron chi connectivity index (χ1n) is 15.7. The van der Waals surface area contributed by atoms with Crippen molar-refractivity contribution in [1.82, 2.24) is 24.4 Å². The Labute approximate surface area is 281 Å². The molecule has 1 aliphatic rings. The van der Waals surface area contributed by atoms with Gasteiger partial charge in [-0.15, -0.1) is 0 Å². The van der Waals surface area contributed by atoms with E-state index in [4.69, 9.17) is 21.1 Å². The monoisotopic (exact) mass is 693 g/mol. The van der Waals surface area contributed by atoms with Gasteiger partial charge >= 0.3 is 0 Å². The first kappa shape index (κ1) is 36.7. The Balaban J connectivity index is 1.34. The molecular formula is C33H45ClFN5O6S. The summed E-state index contributed by atoms with van der Waals surface area (Å²) in [5.74, 6) is -0.603. The fraction of sp³-hybridized carbons (Fsp3) is 0.545. The van der Waals surface area contributed by atoms with Crippen LogP contribution in [0.5, 0.6) is 5.75 Å². The Morgan fingerprint density at radius 2 is 1.94 bits per heavy atom. The number of aliphatic hydroxyl groups is 1. The molecule has 0 saturated carbocycles. The number of halogens is 2. The number of rotatable bonds is 13. The third-order valence-electron chi connectivity index (χ3n) is 7.71. The van der Waals surface area contributed by atoms with Gasteiger partial charge in [-0.3, -0.25) is 9.48 Å². The van der Waals surface area contributed by atoms with Crippen LogP contribution in [0.1, 0.15) is 78.1 Å². The molecule has 1 saturated heterocycles. The molecule has 258 valence electrons. The average Bonchev–Trinajstić information content (AvgIpc) is 3.54. The quantitative estimate of drug-likeness (QED) is 0.167. The van der Waals surface area contributed by atoms with E-state index in [9.17, 15) is 22.7 Å². The molecule has 3 heterocycles. The number of hydrogen-bond acceptors (Lipinski definition) is 9. The predicted molar refractivity (Wildman–Crippen MR) is 177 cm³/mol. The number of benzene rings is 1. The lowest BCUT2D eigenvalue weighted by atomic mass is 9.93. The molecule has 1 aromatic carbocycles. The third-order valence-corrected chi connectivity index (χ3v) is 9.22. The van der Waals surface area contributed by atoms with Crippen LogP contribution in [-0.4, -0.2) is 69.8 Å². The van der Waals surface area contributed by atoms with Gasteiger partial charge in [0.1, 0.15) is 16.7 Å². The van der Waals surface area contributed by atoms with Gasteiger partial charge < -0.3 is 14.6 Å². The molecule has 2 N–H and O–H groups in total. The summed E-state index contributed by atoms with van der Waals surface area (Å²) in [7, 11) is -4.31. The number of hydrogen-bond donors (Lipinski definition) is 2. The number of aromatic nitrogens is 3. The molecule has 2 atom stereocenters. The summed E-state index contributed by atoms with van der Waals surface area (Å²) in [4.78, 5) is 19.1. The van der Waals surface area contributed by atoms with Gasteiger partial charge in [0, 0.05) is 36.5 Å². The van der Waals surface area contributed by atoms with Crippen LogP contribution in [0.2, 0.25) is 5.15 Å². The van der Waals surface area contributed by atoms with Crippen LogP contribution >= 0.6 is 11.6 Å². The maximum Gasteiger partial charge on any atom is 0.283 e. The van der Waals surface area contributed by atoms with Crippen molar-refractivity contribution in [3.05, 3.63) is 59.1 Å². The smallest absolute Gasteiger partial charge is 0.283 e. The van der Waals surface area contributed by atoms with Crippen molar-refractivity contribution in [2.24, 2.45) is 11.8 Å². The fourth-order valence-corrected chi connectivity index (χ4v) is 6.73. The maximum absolute atomic E-state index is 14.3. The lowest BCUT2D eigenvalue weighted by Gasteiger charge is -2.37. The van der Waals surface area contributed by atoms with Crippen LogP contribution in [0.3, 0.4) is 0 Å². The first-order chi connectivity index (χ1) is 21.8. The predicted octanol–water partition coefficient (Wildman–Crippen LogP) is 5.86. The molecule has 0 bridgehead atoms. The number of sulfonamides is 1. The van der Waals surface area contributed by atoms with E-state index >= 15 is 0 Å². The fourth-order valence-electron chi connectivity index (χ4n) is 5.58. The number of aryl methyl sites for hydroxylation is 1. The number of amides is 1. The van der Waals surface area contributed by atoms with Gasteiger partial charge in [-0.2, -0.15) is 13.5 Å². The summed E-state index contributed by atoms with van der Waals surface area (Å²) < 4.78 is 55.2. The van der Waals surface area contributed by atoms with E-state index in [0.717, 1.165) is 19.3 Å². The Hall–Kier alpha value is -3.10. The molecule has 47 heavy (non-hydrogen) atoms. The van der Waals surface area contributed by atoms with E-state index in [1.54, 1.807) is 12.3 Å². The van der Waals surface area contributed by atoms with Gasteiger partial charge in [-0.25, -0.2) is 19.0 Å². The Kier molecular flexibility index (Phi) is 11.4. The third kappa shape index (κ3) is 9.96. The van der Waals surface area contributed by atoms with Gasteiger partial charge in [0.15, 0.2) is 5.03 Å². The van der Waals surface area contributed by atoms with Crippen molar-refractivity contribution in [1.29, 1.82) is 0 Å². The minimum absolute atomic E-state index is 0.169. The summed E-state index contributed by atoms with van der Waals surface area (Å²) in [6.07, 6.45) is 3.03. The molecule has 1 unspecified atom stereocenters. The molecule has 14 heteroatoms. The van der Waals surface area contributed by atoms with Gasteiger partial charge in [-0.05, 0) is 96.0 Å². The van der Waals surface area contributed by atoms with E-state index in [0.29, 0.717) is 36.9 Å². The zero-order valence-corrected chi connectivity index (χ0v) is 29.5. The molecule has 2 aromatic heterocycles. The highest BCUT2D eigenvalue weighted by Gasteiger charge is 2.42. The zero-order valence-electron chi connectivity index (χ0n) is 28.0. The van der Waals surface area contributed by atoms with Crippen LogP contribution in [0.15, 0.2) is 47.6 Å². The minimum Gasteiger partial charge on any atom is -0.493 e. The second kappa shape index (κ2) is 14.6. The zero-order chi connectivity index (χ0) is 34.7. The molecular weight excluding hydrogens is 649 g/mol. The highest BCUT2D eigenvalue weighted by Crippen LogP contribution is 2.37. The summed E-state index contributed by atoms with van der Waals surface area (Å²) in [6.45, 7) is 15.4. The average molecular weight is 694 g/mol. The van der Waals surface area contributed by atoms with Crippen molar-refractivity contribution < 1.29 is 32.2 Å². The van der Waals surface area contributed by atoms with Crippen molar-refractivity contribution in [3.63, 3.8) is 0 Å².